The molecule has 8 nitrogen and oxygen atoms in total. The summed E-state index contributed by atoms with van der Waals surface area (Å²) in [5, 5.41) is 11.8. The second kappa shape index (κ2) is 7.85. The summed E-state index contributed by atoms with van der Waals surface area (Å²) in [4.78, 5) is 45.9. The summed E-state index contributed by atoms with van der Waals surface area (Å²) in [6.45, 7) is 0.852. The number of nitrogens with zero attached hydrogens (tertiary/aromatic N) is 3. The predicted octanol–water partition coefficient (Wildman–Crippen LogP) is 3.09. The second-order valence-corrected chi connectivity index (χ2v) is 8.91. The molecule has 34 heavy (non-hydrogen) atoms. The molecule has 2 aliphatic rings. The van der Waals surface area contributed by atoms with Gasteiger partial charge in [-0.3, -0.25) is 14.4 Å². The molecule has 0 bridgehead atoms. The maximum atomic E-state index is 13.9. The molecule has 1 atom stereocenters. The van der Waals surface area contributed by atoms with Crippen molar-refractivity contribution in [3.05, 3.63) is 77.3 Å². The van der Waals surface area contributed by atoms with Crippen molar-refractivity contribution in [2.24, 2.45) is 0 Å². The van der Waals surface area contributed by atoms with E-state index in [1.807, 2.05) is 25.1 Å². The number of likely N-dealkylation sites (N-methyl/N-ethyl adjacent to an activating group) is 1. The highest BCUT2D eigenvalue weighted by Crippen LogP contribution is 2.53. The van der Waals surface area contributed by atoms with Crippen LogP contribution in [0.3, 0.4) is 0 Å². The van der Waals surface area contributed by atoms with Crippen LogP contribution in [0.1, 0.15) is 22.5 Å². The fourth-order valence-electron chi connectivity index (χ4n) is 5.04. The molecule has 3 aromatic rings. The van der Waals surface area contributed by atoms with E-state index in [9.17, 15) is 19.5 Å². The Labute approximate surface area is 196 Å². The van der Waals surface area contributed by atoms with E-state index >= 15 is 0 Å². The first-order chi connectivity index (χ1) is 16.3. The van der Waals surface area contributed by atoms with Gasteiger partial charge in [0.05, 0.1) is 5.57 Å². The summed E-state index contributed by atoms with van der Waals surface area (Å²) in [5.41, 5.74) is -0.438. The zero-order chi connectivity index (χ0) is 24.2. The average molecular weight is 460 g/mol. The molecule has 3 heterocycles. The molecule has 0 fully saturated rings. The van der Waals surface area contributed by atoms with Gasteiger partial charge in [0.2, 0.25) is 5.78 Å². The van der Waals surface area contributed by atoms with Crippen LogP contribution in [0.25, 0.3) is 11.0 Å². The van der Waals surface area contributed by atoms with E-state index in [-0.39, 0.29) is 17.9 Å². The number of carbonyl (C=O) groups is 3. The number of rotatable bonds is 6. The van der Waals surface area contributed by atoms with Crippen LogP contribution in [0.2, 0.25) is 0 Å². The number of Topliss-reactive ketones (excluding diaryl/α,β-unsaturated/α-hetero) is 1. The average Bonchev–Trinajstić information content (AvgIpc) is 3.42. The van der Waals surface area contributed by atoms with Crippen LogP contribution in [0.15, 0.2) is 70.3 Å². The molecule has 8 heteroatoms. The first-order valence-electron chi connectivity index (χ1n) is 11.1. The molecular formula is C26H25N3O5. The van der Waals surface area contributed by atoms with Gasteiger partial charge < -0.3 is 24.2 Å². The van der Waals surface area contributed by atoms with Crippen LogP contribution in [0.4, 0.5) is 5.69 Å². The minimum absolute atomic E-state index is 0.0371. The summed E-state index contributed by atoms with van der Waals surface area (Å²) in [5.74, 6) is -2.64. The van der Waals surface area contributed by atoms with Crippen molar-refractivity contribution < 1.29 is 23.9 Å². The third-order valence-corrected chi connectivity index (χ3v) is 6.58. The van der Waals surface area contributed by atoms with Crippen LogP contribution in [-0.2, 0) is 15.1 Å². The highest BCUT2D eigenvalue weighted by molar-refractivity contribution is 6.26. The third kappa shape index (κ3) is 2.92. The topological polar surface area (TPSA) is 94.3 Å². The molecule has 2 aliphatic heterocycles. The SMILES string of the molecule is CN(C)CCCN1C(=O)C(O)=C(C(=O)c2cc3ccccc3o2)[C@]12C(=O)N(C)c1ccccc12. The Kier molecular flexibility index (Phi) is 5.06. The van der Waals surface area contributed by atoms with E-state index in [0.29, 0.717) is 35.2 Å². The van der Waals surface area contributed by atoms with Gasteiger partial charge in [0.25, 0.3) is 11.8 Å². The summed E-state index contributed by atoms with van der Waals surface area (Å²) < 4.78 is 5.77. The third-order valence-electron chi connectivity index (χ3n) is 6.58. The first-order valence-corrected chi connectivity index (χ1v) is 11.1. The lowest BCUT2D eigenvalue weighted by Gasteiger charge is -2.35. The number of aliphatic hydroxyl groups is 1. The van der Waals surface area contributed by atoms with Crippen LogP contribution in [-0.4, -0.2) is 66.7 Å². The lowest BCUT2D eigenvalue weighted by Crippen LogP contribution is -2.54. The monoisotopic (exact) mass is 459 g/mol. The highest BCUT2D eigenvalue weighted by Gasteiger charge is 2.65. The normalized spacial score (nSPS) is 19.9. The van der Waals surface area contributed by atoms with Gasteiger partial charge in [-0.15, -0.1) is 0 Å². The molecule has 0 radical (unpaired) electrons. The maximum Gasteiger partial charge on any atom is 0.290 e. The van der Waals surface area contributed by atoms with Crippen molar-refractivity contribution in [2.75, 3.05) is 39.1 Å². The number of carbonyl (C=O) groups excluding carboxylic acids is 3. The van der Waals surface area contributed by atoms with Gasteiger partial charge in [0.15, 0.2) is 17.1 Å². The quantitative estimate of drug-likeness (QED) is 0.570. The molecular weight excluding hydrogens is 434 g/mol. The minimum Gasteiger partial charge on any atom is -0.503 e. The summed E-state index contributed by atoms with van der Waals surface area (Å²) in [6, 6.07) is 15.8. The molecule has 174 valence electrons. The fraction of sp³-hybridized carbons (Fsp3) is 0.269. The van der Waals surface area contributed by atoms with Crippen molar-refractivity contribution in [3.63, 3.8) is 0 Å². The van der Waals surface area contributed by atoms with E-state index in [1.54, 1.807) is 55.6 Å². The zero-order valence-electron chi connectivity index (χ0n) is 19.2. The lowest BCUT2D eigenvalue weighted by atomic mass is 9.81. The highest BCUT2D eigenvalue weighted by atomic mass is 16.3. The fourth-order valence-corrected chi connectivity index (χ4v) is 5.04. The van der Waals surface area contributed by atoms with Crippen LogP contribution in [0, 0.1) is 0 Å². The molecule has 0 saturated carbocycles. The lowest BCUT2D eigenvalue weighted by molar-refractivity contribution is -0.139. The number of anilines is 1. The van der Waals surface area contributed by atoms with E-state index in [0.717, 1.165) is 0 Å². The number of aliphatic hydroxyl groups excluding tert-OH is 1. The Bertz CT molecular complexity index is 1340. The van der Waals surface area contributed by atoms with Crippen LogP contribution >= 0.6 is 0 Å². The number of amides is 2. The van der Waals surface area contributed by atoms with Gasteiger partial charge in [-0.2, -0.15) is 0 Å². The standard InChI is InChI=1S/C26H25N3O5/c1-27(2)13-8-14-29-24(32)23(31)21(22(30)20-15-16-9-4-7-12-19(16)34-20)26(29)17-10-5-6-11-18(17)28(3)25(26)33/h4-7,9-12,15,31H,8,13-14H2,1-3H3/t26-/m1/s1. The van der Waals surface area contributed by atoms with E-state index in [4.69, 9.17) is 4.42 Å². The molecule has 0 aliphatic carbocycles. The molecule has 5 rings (SSSR count). The Balaban J connectivity index is 1.70. The number of hydrogen-bond acceptors (Lipinski definition) is 6. The smallest absolute Gasteiger partial charge is 0.290 e. The molecule has 2 amide bonds. The molecule has 0 saturated heterocycles. The molecule has 2 aromatic carbocycles. The zero-order valence-corrected chi connectivity index (χ0v) is 19.2. The molecule has 0 unspecified atom stereocenters. The number of para-hydroxylation sites is 2. The van der Waals surface area contributed by atoms with Crippen molar-refractivity contribution in [1.29, 1.82) is 0 Å². The maximum absolute atomic E-state index is 13.9. The number of ketones is 1. The summed E-state index contributed by atoms with van der Waals surface area (Å²) >= 11 is 0. The Morgan fingerprint density at radius 2 is 1.79 bits per heavy atom. The van der Waals surface area contributed by atoms with Gasteiger partial charge >= 0.3 is 0 Å². The number of benzene rings is 2. The van der Waals surface area contributed by atoms with Gasteiger partial charge in [0, 0.05) is 30.2 Å². The second-order valence-electron chi connectivity index (χ2n) is 8.91. The van der Waals surface area contributed by atoms with Crippen molar-refractivity contribution in [3.8, 4) is 0 Å². The van der Waals surface area contributed by atoms with Crippen molar-refractivity contribution in [1.82, 2.24) is 9.80 Å². The molecule has 1 aromatic heterocycles. The van der Waals surface area contributed by atoms with E-state index in [2.05, 4.69) is 0 Å². The summed E-state index contributed by atoms with van der Waals surface area (Å²) in [6.07, 6.45) is 0.555. The largest absolute Gasteiger partial charge is 0.503 e. The first kappa shape index (κ1) is 21.9. The Hall–Kier alpha value is -3.91. The van der Waals surface area contributed by atoms with Gasteiger partial charge in [-0.1, -0.05) is 36.4 Å². The molecule has 1 spiro atoms. The van der Waals surface area contributed by atoms with E-state index < -0.39 is 28.9 Å². The Morgan fingerprint density at radius 1 is 1.09 bits per heavy atom. The summed E-state index contributed by atoms with van der Waals surface area (Å²) in [7, 11) is 5.44. The number of furan rings is 1. The van der Waals surface area contributed by atoms with Gasteiger partial charge in [0.1, 0.15) is 5.58 Å². The minimum atomic E-state index is -1.76. The van der Waals surface area contributed by atoms with Crippen LogP contribution in [0.5, 0.6) is 0 Å². The number of hydrogen-bond donors (Lipinski definition) is 1. The van der Waals surface area contributed by atoms with Gasteiger partial charge in [-0.05, 0) is 45.3 Å². The van der Waals surface area contributed by atoms with E-state index in [1.165, 1.54) is 9.80 Å². The van der Waals surface area contributed by atoms with Crippen LogP contribution < -0.4 is 4.90 Å². The van der Waals surface area contributed by atoms with Crippen molar-refractivity contribution >= 4 is 34.3 Å². The molecule has 1 N–H and O–H groups in total. The predicted molar refractivity (Wildman–Crippen MR) is 127 cm³/mol. The number of fused-ring (bicyclic) bond motifs is 3. The van der Waals surface area contributed by atoms with Crippen molar-refractivity contribution in [2.45, 2.75) is 12.0 Å². The van der Waals surface area contributed by atoms with Gasteiger partial charge in [-0.25, -0.2) is 0 Å². The Morgan fingerprint density at radius 3 is 2.53 bits per heavy atom.